The molecule has 1 aromatic carbocycles. The second-order valence-electron chi connectivity index (χ2n) is 3.31. The van der Waals surface area contributed by atoms with Crippen LogP contribution in [0.25, 0.3) is 0 Å². The highest BCUT2D eigenvalue weighted by atomic mass is 127. The van der Waals surface area contributed by atoms with Gasteiger partial charge in [-0.05, 0) is 52.3 Å². The maximum atomic E-state index is 11.3. The highest BCUT2D eigenvalue weighted by Crippen LogP contribution is 2.20. The number of benzene rings is 1. The molecule has 0 aliphatic heterocycles. The molecule has 0 unspecified atom stereocenters. The molecule has 3 nitrogen and oxygen atoms in total. The predicted octanol–water partition coefficient (Wildman–Crippen LogP) is 2.44. The van der Waals surface area contributed by atoms with Crippen LogP contribution in [0.2, 0.25) is 0 Å². The molecule has 0 bridgehead atoms. The largest absolute Gasteiger partial charge is 0.469 e. The first kappa shape index (κ1) is 13.0. The number of methoxy groups -OCH3 is 1. The summed E-state index contributed by atoms with van der Waals surface area (Å²) in [6.07, 6.45) is 0.970. The molecule has 0 radical (unpaired) electrons. The van der Waals surface area contributed by atoms with Crippen LogP contribution in [-0.4, -0.2) is 13.1 Å². The Kier molecular flexibility index (Phi) is 4.74. The van der Waals surface area contributed by atoms with Crippen LogP contribution >= 0.6 is 22.6 Å². The number of nitriles is 1. The van der Waals surface area contributed by atoms with Gasteiger partial charge in [-0.2, -0.15) is 5.26 Å². The van der Waals surface area contributed by atoms with E-state index < -0.39 is 0 Å². The third kappa shape index (κ3) is 2.95. The van der Waals surface area contributed by atoms with Crippen molar-refractivity contribution in [2.24, 2.45) is 0 Å². The molecule has 0 amide bonds. The van der Waals surface area contributed by atoms with Crippen molar-refractivity contribution in [1.82, 2.24) is 0 Å². The van der Waals surface area contributed by atoms with E-state index in [1.165, 1.54) is 7.11 Å². The van der Waals surface area contributed by atoms with Gasteiger partial charge in [-0.25, -0.2) is 0 Å². The van der Waals surface area contributed by atoms with E-state index in [1.807, 2.05) is 13.0 Å². The number of rotatable bonds is 3. The van der Waals surface area contributed by atoms with E-state index in [1.54, 1.807) is 6.07 Å². The third-order valence-corrected chi connectivity index (χ3v) is 2.98. The number of ether oxygens (including phenoxy) is 1. The lowest BCUT2D eigenvalue weighted by Gasteiger charge is -2.09. The van der Waals surface area contributed by atoms with E-state index in [4.69, 9.17) is 5.26 Å². The average Bonchev–Trinajstić information content (AvgIpc) is 2.30. The van der Waals surface area contributed by atoms with Gasteiger partial charge in [0.25, 0.3) is 0 Å². The number of esters is 1. The van der Waals surface area contributed by atoms with Crippen molar-refractivity contribution in [1.29, 1.82) is 5.26 Å². The average molecular weight is 329 g/mol. The van der Waals surface area contributed by atoms with Crippen molar-refractivity contribution in [3.05, 3.63) is 32.4 Å². The number of hydrogen-bond acceptors (Lipinski definition) is 3. The minimum absolute atomic E-state index is 0.166. The summed E-state index contributed by atoms with van der Waals surface area (Å²) in [6, 6.07) is 5.92. The second-order valence-corrected chi connectivity index (χ2v) is 4.55. The molecule has 0 atom stereocenters. The number of halogens is 1. The molecule has 1 rings (SSSR count). The molecule has 0 fully saturated rings. The smallest absolute Gasteiger partial charge is 0.310 e. The Morgan fingerprint density at radius 3 is 2.75 bits per heavy atom. The SMILES string of the molecule is CCc1cc(I)cc(C#N)c1CC(=O)OC. The van der Waals surface area contributed by atoms with E-state index in [-0.39, 0.29) is 12.4 Å². The first-order valence-corrected chi connectivity index (χ1v) is 5.98. The Bertz CT molecular complexity index is 449. The number of aryl methyl sites for hydroxylation is 1. The molecular formula is C12H12INO2. The van der Waals surface area contributed by atoms with E-state index >= 15 is 0 Å². The minimum atomic E-state index is -0.313. The van der Waals surface area contributed by atoms with Crippen molar-refractivity contribution in [3.63, 3.8) is 0 Å². The first-order valence-electron chi connectivity index (χ1n) is 4.90. The summed E-state index contributed by atoms with van der Waals surface area (Å²) in [6.45, 7) is 2.01. The van der Waals surface area contributed by atoms with Crippen LogP contribution in [0.3, 0.4) is 0 Å². The molecule has 0 aliphatic carbocycles. The van der Waals surface area contributed by atoms with E-state index in [2.05, 4.69) is 33.4 Å². The lowest BCUT2D eigenvalue weighted by atomic mass is 9.97. The molecule has 4 heteroatoms. The lowest BCUT2D eigenvalue weighted by molar-refractivity contribution is -0.139. The van der Waals surface area contributed by atoms with E-state index in [9.17, 15) is 4.79 Å². The maximum Gasteiger partial charge on any atom is 0.310 e. The van der Waals surface area contributed by atoms with Crippen LogP contribution < -0.4 is 0 Å². The zero-order chi connectivity index (χ0) is 12.1. The molecule has 1 aromatic rings. The Labute approximate surface area is 109 Å². The van der Waals surface area contributed by atoms with E-state index in [0.29, 0.717) is 5.56 Å². The highest BCUT2D eigenvalue weighted by Gasteiger charge is 2.13. The minimum Gasteiger partial charge on any atom is -0.469 e. The fourth-order valence-corrected chi connectivity index (χ4v) is 2.22. The van der Waals surface area contributed by atoms with Gasteiger partial charge < -0.3 is 4.74 Å². The summed E-state index contributed by atoms with van der Waals surface area (Å²) < 4.78 is 5.65. The number of carbonyl (C=O) groups is 1. The van der Waals surface area contributed by atoms with Gasteiger partial charge in [0.05, 0.1) is 25.2 Å². The van der Waals surface area contributed by atoms with Crippen LogP contribution in [0.15, 0.2) is 12.1 Å². The fourth-order valence-electron chi connectivity index (χ4n) is 1.53. The summed E-state index contributed by atoms with van der Waals surface area (Å²) in [5, 5.41) is 9.04. The summed E-state index contributed by atoms with van der Waals surface area (Å²) in [7, 11) is 1.35. The molecule has 84 valence electrons. The van der Waals surface area contributed by atoms with Crippen LogP contribution in [0, 0.1) is 14.9 Å². The van der Waals surface area contributed by atoms with Crippen molar-refractivity contribution >= 4 is 28.6 Å². The van der Waals surface area contributed by atoms with E-state index in [0.717, 1.165) is 21.1 Å². The molecule has 0 spiro atoms. The van der Waals surface area contributed by atoms with Crippen LogP contribution in [0.1, 0.15) is 23.6 Å². The van der Waals surface area contributed by atoms with Gasteiger partial charge in [-0.3, -0.25) is 4.79 Å². The van der Waals surface area contributed by atoms with Gasteiger partial charge in [0.2, 0.25) is 0 Å². The molecule has 0 aliphatic rings. The molecular weight excluding hydrogens is 317 g/mol. The van der Waals surface area contributed by atoms with Gasteiger partial charge in [0, 0.05) is 3.57 Å². The van der Waals surface area contributed by atoms with Gasteiger partial charge in [0.1, 0.15) is 0 Å². The van der Waals surface area contributed by atoms with Crippen LogP contribution in [-0.2, 0) is 22.4 Å². The summed E-state index contributed by atoms with van der Waals surface area (Å²) in [4.78, 5) is 11.3. The van der Waals surface area contributed by atoms with Gasteiger partial charge in [-0.1, -0.05) is 6.92 Å². The van der Waals surface area contributed by atoms with Crippen molar-refractivity contribution in [2.45, 2.75) is 19.8 Å². The maximum absolute atomic E-state index is 11.3. The first-order chi connectivity index (χ1) is 7.62. The van der Waals surface area contributed by atoms with Crippen molar-refractivity contribution < 1.29 is 9.53 Å². The fraction of sp³-hybridized carbons (Fsp3) is 0.333. The Hall–Kier alpha value is -1.09. The molecule has 0 saturated heterocycles. The Morgan fingerprint density at radius 2 is 2.25 bits per heavy atom. The highest BCUT2D eigenvalue weighted by molar-refractivity contribution is 14.1. The van der Waals surface area contributed by atoms with Crippen LogP contribution in [0.4, 0.5) is 0 Å². The van der Waals surface area contributed by atoms with Gasteiger partial charge >= 0.3 is 5.97 Å². The zero-order valence-corrected chi connectivity index (χ0v) is 11.4. The molecule has 0 heterocycles. The number of nitrogens with zero attached hydrogens (tertiary/aromatic N) is 1. The van der Waals surface area contributed by atoms with Crippen LogP contribution in [0.5, 0.6) is 0 Å². The standard InChI is InChI=1S/C12H12INO2/c1-3-8-4-10(13)5-9(7-14)11(8)6-12(15)16-2/h4-5H,3,6H2,1-2H3. The summed E-state index contributed by atoms with van der Waals surface area (Å²) in [5.74, 6) is -0.313. The Morgan fingerprint density at radius 1 is 1.56 bits per heavy atom. The molecule has 0 N–H and O–H groups in total. The molecule has 0 aromatic heterocycles. The lowest BCUT2D eigenvalue weighted by Crippen LogP contribution is -2.09. The summed E-state index contributed by atoms with van der Waals surface area (Å²) in [5.41, 5.74) is 2.39. The zero-order valence-electron chi connectivity index (χ0n) is 9.21. The monoisotopic (exact) mass is 329 g/mol. The topological polar surface area (TPSA) is 50.1 Å². The third-order valence-electron chi connectivity index (χ3n) is 2.36. The summed E-state index contributed by atoms with van der Waals surface area (Å²) >= 11 is 2.17. The number of hydrogen-bond donors (Lipinski definition) is 0. The van der Waals surface area contributed by atoms with Gasteiger partial charge in [-0.15, -0.1) is 0 Å². The van der Waals surface area contributed by atoms with Gasteiger partial charge in [0.15, 0.2) is 0 Å². The Balaban J connectivity index is 3.23. The second kappa shape index (κ2) is 5.85. The normalized spacial score (nSPS) is 9.62. The van der Waals surface area contributed by atoms with Crippen molar-refractivity contribution in [3.8, 4) is 6.07 Å². The molecule has 16 heavy (non-hydrogen) atoms. The molecule has 0 saturated carbocycles. The quantitative estimate of drug-likeness (QED) is 0.632. The number of carbonyl (C=O) groups excluding carboxylic acids is 1. The van der Waals surface area contributed by atoms with Crippen molar-refractivity contribution in [2.75, 3.05) is 7.11 Å². The predicted molar refractivity (Wildman–Crippen MR) is 69.0 cm³/mol.